The summed E-state index contributed by atoms with van der Waals surface area (Å²) in [7, 11) is 1.58. The molecule has 3 rings (SSSR count). The Bertz CT molecular complexity index is 928. The zero-order valence-corrected chi connectivity index (χ0v) is 16.3. The Balaban J connectivity index is 1.77. The van der Waals surface area contributed by atoms with E-state index in [1.54, 1.807) is 49.6 Å². The molecule has 8 heteroatoms. The average molecular weight is 408 g/mol. The number of benzene rings is 2. The first-order chi connectivity index (χ1) is 12.5. The highest BCUT2D eigenvalue weighted by atomic mass is 35.5. The molecule has 2 aromatic carbocycles. The van der Waals surface area contributed by atoms with Gasteiger partial charge in [-0.25, -0.2) is 4.98 Å². The Labute approximate surface area is 165 Å². The fourth-order valence-corrected chi connectivity index (χ4v) is 3.45. The summed E-state index contributed by atoms with van der Waals surface area (Å²) in [6.07, 6.45) is 0. The van der Waals surface area contributed by atoms with Crippen LogP contribution in [0.2, 0.25) is 10.0 Å². The molecule has 0 radical (unpaired) electrons. The van der Waals surface area contributed by atoms with Crippen molar-refractivity contribution in [3.8, 4) is 17.1 Å². The summed E-state index contributed by atoms with van der Waals surface area (Å²) in [4.78, 5) is 17.0. The van der Waals surface area contributed by atoms with Gasteiger partial charge in [0.2, 0.25) is 5.16 Å². The second kappa shape index (κ2) is 8.12. The van der Waals surface area contributed by atoms with Gasteiger partial charge in [-0.3, -0.25) is 9.89 Å². The van der Waals surface area contributed by atoms with Crippen molar-refractivity contribution >= 4 is 40.7 Å². The number of ether oxygens (including phenoxy) is 1. The molecule has 5 nitrogen and oxygen atoms in total. The third-order valence-corrected chi connectivity index (χ3v) is 5.11. The van der Waals surface area contributed by atoms with Crippen molar-refractivity contribution in [3.63, 3.8) is 0 Å². The summed E-state index contributed by atoms with van der Waals surface area (Å²) in [5.74, 6) is 1.14. The van der Waals surface area contributed by atoms with E-state index in [0.29, 0.717) is 37.9 Å². The summed E-state index contributed by atoms with van der Waals surface area (Å²) in [5, 5.41) is 8.33. The van der Waals surface area contributed by atoms with Gasteiger partial charge in [0.15, 0.2) is 11.6 Å². The fraction of sp³-hybridized carbons (Fsp3) is 0.167. The van der Waals surface area contributed by atoms with Crippen molar-refractivity contribution in [1.82, 2.24) is 15.2 Å². The van der Waals surface area contributed by atoms with Gasteiger partial charge in [-0.05, 0) is 49.4 Å². The van der Waals surface area contributed by atoms with Crippen molar-refractivity contribution < 1.29 is 9.53 Å². The van der Waals surface area contributed by atoms with Crippen LogP contribution in [0.4, 0.5) is 0 Å². The molecule has 1 N–H and O–H groups in total. The van der Waals surface area contributed by atoms with E-state index >= 15 is 0 Å². The van der Waals surface area contributed by atoms with Gasteiger partial charge >= 0.3 is 0 Å². The smallest absolute Gasteiger partial charge is 0.209 e. The number of carbonyl (C=O) groups is 1. The zero-order valence-electron chi connectivity index (χ0n) is 14.0. The Kier molecular flexibility index (Phi) is 5.86. The first-order valence-corrected chi connectivity index (χ1v) is 9.34. The summed E-state index contributed by atoms with van der Waals surface area (Å²) >= 11 is 13.2. The van der Waals surface area contributed by atoms with Crippen molar-refractivity contribution in [2.45, 2.75) is 17.3 Å². The monoisotopic (exact) mass is 407 g/mol. The minimum Gasteiger partial charge on any atom is -0.496 e. The van der Waals surface area contributed by atoms with Crippen LogP contribution in [0.15, 0.2) is 47.6 Å². The summed E-state index contributed by atoms with van der Waals surface area (Å²) < 4.78 is 5.33. The molecule has 1 aromatic heterocycles. The number of nitrogens with one attached hydrogen (secondary N) is 1. The summed E-state index contributed by atoms with van der Waals surface area (Å²) in [6.45, 7) is 1.82. The molecule has 134 valence electrons. The van der Waals surface area contributed by atoms with Gasteiger partial charge in [0.25, 0.3) is 0 Å². The molecule has 0 saturated heterocycles. The van der Waals surface area contributed by atoms with Crippen LogP contribution in [-0.2, 0) is 0 Å². The molecule has 26 heavy (non-hydrogen) atoms. The number of nitrogens with zero attached hydrogens (tertiary/aromatic N) is 2. The van der Waals surface area contributed by atoms with Gasteiger partial charge in [-0.15, -0.1) is 5.10 Å². The van der Waals surface area contributed by atoms with E-state index in [9.17, 15) is 4.79 Å². The van der Waals surface area contributed by atoms with Crippen molar-refractivity contribution in [2.75, 3.05) is 7.11 Å². The first kappa shape index (κ1) is 18.8. The molecule has 3 aromatic rings. The van der Waals surface area contributed by atoms with E-state index in [1.807, 2.05) is 6.92 Å². The lowest BCUT2D eigenvalue weighted by Crippen LogP contribution is -2.13. The minimum absolute atomic E-state index is 0.0154. The van der Waals surface area contributed by atoms with E-state index in [0.717, 1.165) is 0 Å². The lowest BCUT2D eigenvalue weighted by atomic mass is 10.1. The highest BCUT2D eigenvalue weighted by Crippen LogP contribution is 2.32. The molecule has 0 fully saturated rings. The number of hydrogen-bond donors (Lipinski definition) is 1. The zero-order chi connectivity index (χ0) is 18.7. The molecule has 0 spiro atoms. The molecule has 0 bridgehead atoms. The van der Waals surface area contributed by atoms with Gasteiger partial charge < -0.3 is 4.74 Å². The van der Waals surface area contributed by atoms with Crippen LogP contribution in [0, 0.1) is 0 Å². The molecular formula is C18H15Cl2N3O2S. The molecule has 0 amide bonds. The van der Waals surface area contributed by atoms with Crippen molar-refractivity contribution in [3.05, 3.63) is 58.1 Å². The highest BCUT2D eigenvalue weighted by molar-refractivity contribution is 8.00. The van der Waals surface area contributed by atoms with Crippen LogP contribution in [0.3, 0.4) is 0 Å². The summed E-state index contributed by atoms with van der Waals surface area (Å²) in [6, 6.07) is 12.1. The number of aromatic nitrogens is 3. The number of thioether (sulfide) groups is 1. The number of H-pyrrole nitrogens is 1. The maximum atomic E-state index is 12.5. The number of methoxy groups -OCH3 is 1. The minimum atomic E-state index is -0.346. The number of aromatic amines is 1. The Morgan fingerprint density at radius 2 is 1.85 bits per heavy atom. The van der Waals surface area contributed by atoms with Gasteiger partial charge in [-0.1, -0.05) is 35.0 Å². The molecule has 0 aliphatic carbocycles. The molecule has 1 heterocycles. The van der Waals surface area contributed by atoms with Crippen molar-refractivity contribution in [1.29, 1.82) is 0 Å². The topological polar surface area (TPSA) is 67.9 Å². The predicted molar refractivity (Wildman–Crippen MR) is 104 cm³/mol. The largest absolute Gasteiger partial charge is 0.496 e. The van der Waals surface area contributed by atoms with Gasteiger partial charge in [0.05, 0.1) is 17.9 Å². The lowest BCUT2D eigenvalue weighted by molar-refractivity contribution is 0.0994. The number of rotatable bonds is 6. The third-order valence-electron chi connectivity index (χ3n) is 3.66. The quantitative estimate of drug-likeness (QED) is 0.451. The van der Waals surface area contributed by atoms with E-state index in [4.69, 9.17) is 27.9 Å². The predicted octanol–water partition coefficient (Wildman–Crippen LogP) is 5.15. The van der Waals surface area contributed by atoms with Gasteiger partial charge in [0, 0.05) is 15.6 Å². The molecule has 1 atom stereocenters. The number of carbonyl (C=O) groups excluding carboxylic acids is 1. The normalized spacial score (nSPS) is 12.0. The number of halogens is 2. The fourth-order valence-electron chi connectivity index (χ4n) is 2.35. The van der Waals surface area contributed by atoms with E-state index in [2.05, 4.69) is 15.2 Å². The first-order valence-electron chi connectivity index (χ1n) is 7.70. The second-order valence-electron chi connectivity index (χ2n) is 5.44. The van der Waals surface area contributed by atoms with Crippen LogP contribution < -0.4 is 4.74 Å². The summed E-state index contributed by atoms with van der Waals surface area (Å²) in [5.41, 5.74) is 1.30. The standard InChI is InChI=1S/C18H15Cl2N3O2S/c1-10(16(24)11-3-5-12(19)6-4-11)26-18-21-17(22-23-18)14-9-13(20)7-8-15(14)25-2/h3-10H,1-2H3,(H,21,22,23)/t10-/m0/s1. The molecule has 0 aliphatic rings. The van der Waals surface area contributed by atoms with Crippen molar-refractivity contribution in [2.24, 2.45) is 0 Å². The van der Waals surface area contributed by atoms with Crippen LogP contribution in [0.5, 0.6) is 5.75 Å². The van der Waals surface area contributed by atoms with Gasteiger partial charge in [-0.2, -0.15) is 0 Å². The van der Waals surface area contributed by atoms with Crippen LogP contribution >= 0.6 is 35.0 Å². The van der Waals surface area contributed by atoms with E-state index < -0.39 is 0 Å². The lowest BCUT2D eigenvalue weighted by Gasteiger charge is -2.08. The molecule has 0 unspecified atom stereocenters. The number of Topliss-reactive ketones (excluding diaryl/α,β-unsaturated/α-hetero) is 1. The van der Waals surface area contributed by atoms with E-state index in [-0.39, 0.29) is 11.0 Å². The molecule has 0 aliphatic heterocycles. The maximum Gasteiger partial charge on any atom is 0.209 e. The van der Waals surface area contributed by atoms with Crippen LogP contribution in [0.1, 0.15) is 17.3 Å². The second-order valence-corrected chi connectivity index (χ2v) is 7.62. The van der Waals surface area contributed by atoms with Crippen LogP contribution in [-0.4, -0.2) is 33.3 Å². The number of hydrogen-bond acceptors (Lipinski definition) is 5. The Hall–Kier alpha value is -2.02. The number of ketones is 1. The van der Waals surface area contributed by atoms with Gasteiger partial charge in [0.1, 0.15) is 5.75 Å². The highest BCUT2D eigenvalue weighted by Gasteiger charge is 2.20. The third kappa shape index (κ3) is 4.20. The molecule has 0 saturated carbocycles. The Morgan fingerprint density at radius 3 is 2.54 bits per heavy atom. The van der Waals surface area contributed by atoms with Crippen LogP contribution in [0.25, 0.3) is 11.4 Å². The SMILES string of the molecule is COc1ccc(Cl)cc1-c1nc(S[C@@H](C)C(=O)c2ccc(Cl)cc2)n[nH]1. The maximum absolute atomic E-state index is 12.5. The van der Waals surface area contributed by atoms with E-state index in [1.165, 1.54) is 11.8 Å². The average Bonchev–Trinajstić information content (AvgIpc) is 3.10. The molecular weight excluding hydrogens is 393 g/mol. The Morgan fingerprint density at radius 1 is 1.15 bits per heavy atom.